The number of unbranched alkanes of at least 4 members (excludes halogenated alkanes) is 2. The molecule has 0 rings (SSSR count). The van der Waals surface area contributed by atoms with Gasteiger partial charge in [-0.1, -0.05) is 19.3 Å². The molecular weight excluding hydrogens is 126 g/mol. The van der Waals surface area contributed by atoms with Crippen LogP contribution in [0.1, 0.15) is 33.1 Å². The van der Waals surface area contributed by atoms with Gasteiger partial charge in [0, 0.05) is 19.4 Å². The van der Waals surface area contributed by atoms with Gasteiger partial charge in [-0.15, -0.1) is 0 Å². The predicted octanol–water partition coefficient (Wildman–Crippen LogP) is 1.27. The first kappa shape index (κ1) is 9.03. The third-order valence-corrected chi connectivity index (χ3v) is 0.982. The molecular formula is C8H13NO. The lowest BCUT2D eigenvalue weighted by Crippen LogP contribution is -2.11. The van der Waals surface area contributed by atoms with E-state index >= 15 is 0 Å². The Morgan fingerprint density at radius 3 is 2.80 bits per heavy atom. The third-order valence-electron chi connectivity index (χ3n) is 0.982. The fourth-order valence-corrected chi connectivity index (χ4v) is 0.460. The van der Waals surface area contributed by atoms with E-state index in [1.165, 1.54) is 6.92 Å². The Balaban J connectivity index is 3.23. The minimum atomic E-state index is -0.0935. The third kappa shape index (κ3) is 7.03. The molecule has 2 nitrogen and oxygen atoms in total. The van der Waals surface area contributed by atoms with Crippen molar-refractivity contribution < 1.29 is 4.79 Å². The number of carbonyl (C=O) groups excluding carboxylic acids is 1. The van der Waals surface area contributed by atoms with Crippen LogP contribution < -0.4 is 5.32 Å². The highest BCUT2D eigenvalue weighted by Crippen LogP contribution is 1.89. The summed E-state index contributed by atoms with van der Waals surface area (Å²) in [5.41, 5.74) is 0. The molecule has 1 amide bonds. The maximum absolute atomic E-state index is 10.3. The van der Waals surface area contributed by atoms with Gasteiger partial charge in [0.15, 0.2) is 0 Å². The monoisotopic (exact) mass is 139 g/mol. The Morgan fingerprint density at radius 1 is 1.60 bits per heavy atom. The van der Waals surface area contributed by atoms with Crippen LogP contribution in [0, 0.1) is 12.0 Å². The Morgan fingerprint density at radius 2 is 2.30 bits per heavy atom. The van der Waals surface area contributed by atoms with E-state index in [2.05, 4.69) is 24.2 Å². The van der Waals surface area contributed by atoms with Crippen LogP contribution in [0.3, 0.4) is 0 Å². The molecule has 2 heteroatoms. The van der Waals surface area contributed by atoms with Crippen molar-refractivity contribution in [2.24, 2.45) is 0 Å². The van der Waals surface area contributed by atoms with Gasteiger partial charge < -0.3 is 0 Å². The zero-order valence-electron chi connectivity index (χ0n) is 6.53. The molecule has 0 aliphatic rings. The van der Waals surface area contributed by atoms with E-state index in [-0.39, 0.29) is 5.91 Å². The lowest BCUT2D eigenvalue weighted by molar-refractivity contribution is -0.117. The second-order valence-corrected chi connectivity index (χ2v) is 2.09. The summed E-state index contributed by atoms with van der Waals surface area (Å²) < 4.78 is 0. The molecule has 0 saturated carbocycles. The van der Waals surface area contributed by atoms with Gasteiger partial charge in [-0.05, 0) is 6.42 Å². The molecule has 0 atom stereocenters. The smallest absolute Gasteiger partial charge is 0.228 e. The van der Waals surface area contributed by atoms with Crippen LogP contribution in [0.25, 0.3) is 0 Å². The molecule has 0 aliphatic carbocycles. The first-order valence-electron chi connectivity index (χ1n) is 3.51. The second-order valence-electron chi connectivity index (χ2n) is 2.09. The molecule has 0 aromatic carbocycles. The van der Waals surface area contributed by atoms with E-state index in [9.17, 15) is 4.79 Å². The molecule has 0 unspecified atom stereocenters. The lowest BCUT2D eigenvalue weighted by atomic mass is 10.3. The van der Waals surface area contributed by atoms with Gasteiger partial charge in [0.25, 0.3) is 0 Å². The van der Waals surface area contributed by atoms with E-state index in [4.69, 9.17) is 0 Å². The number of carbonyl (C=O) groups is 1. The highest BCUT2D eigenvalue weighted by atomic mass is 16.1. The van der Waals surface area contributed by atoms with Crippen molar-refractivity contribution in [3.05, 3.63) is 0 Å². The predicted molar refractivity (Wildman–Crippen MR) is 41.1 cm³/mol. The van der Waals surface area contributed by atoms with Crippen molar-refractivity contribution in [1.29, 1.82) is 0 Å². The maximum Gasteiger partial charge on any atom is 0.228 e. The van der Waals surface area contributed by atoms with Gasteiger partial charge >= 0.3 is 0 Å². The van der Waals surface area contributed by atoms with Gasteiger partial charge in [0.2, 0.25) is 5.91 Å². The Bertz CT molecular complexity index is 152. The van der Waals surface area contributed by atoms with Crippen molar-refractivity contribution in [2.75, 3.05) is 0 Å². The summed E-state index contributed by atoms with van der Waals surface area (Å²) in [6.45, 7) is 3.56. The molecule has 0 saturated heterocycles. The Hall–Kier alpha value is -0.970. The van der Waals surface area contributed by atoms with Crippen LogP contribution in [0.4, 0.5) is 0 Å². The molecule has 0 heterocycles. The molecule has 56 valence electrons. The summed E-state index contributed by atoms with van der Waals surface area (Å²) in [5.74, 6) is 2.74. The van der Waals surface area contributed by atoms with E-state index < -0.39 is 0 Å². The summed E-state index contributed by atoms with van der Waals surface area (Å²) in [6, 6.07) is 2.57. The van der Waals surface area contributed by atoms with Gasteiger partial charge in [0.1, 0.15) is 0 Å². The van der Waals surface area contributed by atoms with Crippen molar-refractivity contribution in [2.45, 2.75) is 33.1 Å². The molecule has 1 N–H and O–H groups in total. The molecule has 0 spiro atoms. The molecule has 0 aliphatic heterocycles. The SMILES string of the molecule is CCCCC#CNC(C)=O. The summed E-state index contributed by atoms with van der Waals surface area (Å²) in [7, 11) is 0. The highest BCUT2D eigenvalue weighted by Gasteiger charge is 1.80. The maximum atomic E-state index is 10.3. The van der Waals surface area contributed by atoms with Crippen LogP contribution in [0.5, 0.6) is 0 Å². The number of hydrogen-bond donors (Lipinski definition) is 1. The van der Waals surface area contributed by atoms with E-state index in [0.29, 0.717) is 0 Å². The standard InChI is InChI=1S/C8H13NO/c1-3-4-5-6-7-9-8(2)10/h3-5H2,1-2H3,(H,9,10). The summed E-state index contributed by atoms with van der Waals surface area (Å²) in [4.78, 5) is 10.3. The number of amides is 1. The summed E-state index contributed by atoms with van der Waals surface area (Å²) >= 11 is 0. The van der Waals surface area contributed by atoms with Gasteiger partial charge in [-0.3, -0.25) is 10.1 Å². The Kier molecular flexibility index (Phi) is 5.56. The molecule has 0 bridgehead atoms. The minimum Gasteiger partial charge on any atom is -0.285 e. The molecule has 0 aromatic rings. The minimum absolute atomic E-state index is 0.0935. The van der Waals surface area contributed by atoms with Gasteiger partial charge in [-0.2, -0.15) is 0 Å². The van der Waals surface area contributed by atoms with Crippen molar-refractivity contribution in [3.63, 3.8) is 0 Å². The van der Waals surface area contributed by atoms with E-state index in [1.807, 2.05) is 0 Å². The van der Waals surface area contributed by atoms with Crippen molar-refractivity contribution >= 4 is 5.91 Å². The molecule has 10 heavy (non-hydrogen) atoms. The molecule has 0 fully saturated rings. The fourth-order valence-electron chi connectivity index (χ4n) is 0.460. The number of nitrogens with one attached hydrogen (secondary N) is 1. The van der Waals surface area contributed by atoms with Gasteiger partial charge in [0.05, 0.1) is 0 Å². The fraction of sp³-hybridized carbons (Fsp3) is 0.625. The highest BCUT2D eigenvalue weighted by molar-refractivity contribution is 5.74. The van der Waals surface area contributed by atoms with Crippen LogP contribution >= 0.6 is 0 Å². The first-order valence-corrected chi connectivity index (χ1v) is 3.51. The first-order chi connectivity index (χ1) is 4.77. The molecule has 0 radical (unpaired) electrons. The molecule has 0 aromatic heterocycles. The average molecular weight is 139 g/mol. The number of rotatable bonds is 2. The van der Waals surface area contributed by atoms with E-state index in [0.717, 1.165) is 19.3 Å². The lowest BCUT2D eigenvalue weighted by Gasteiger charge is -1.85. The average Bonchev–Trinajstić information content (AvgIpc) is 1.87. The van der Waals surface area contributed by atoms with Crippen molar-refractivity contribution in [1.82, 2.24) is 5.32 Å². The largest absolute Gasteiger partial charge is 0.285 e. The summed E-state index contributed by atoms with van der Waals surface area (Å²) in [6.07, 6.45) is 3.12. The summed E-state index contributed by atoms with van der Waals surface area (Å²) in [5, 5.41) is 2.40. The Labute approximate surface area is 62.0 Å². The van der Waals surface area contributed by atoms with Crippen molar-refractivity contribution in [3.8, 4) is 12.0 Å². The second kappa shape index (κ2) is 6.15. The van der Waals surface area contributed by atoms with Crippen LogP contribution in [-0.2, 0) is 4.79 Å². The van der Waals surface area contributed by atoms with Crippen LogP contribution in [0.15, 0.2) is 0 Å². The van der Waals surface area contributed by atoms with Gasteiger partial charge in [-0.25, -0.2) is 0 Å². The van der Waals surface area contributed by atoms with E-state index in [1.54, 1.807) is 0 Å². The normalized spacial score (nSPS) is 7.80. The number of hydrogen-bond acceptors (Lipinski definition) is 1. The quantitative estimate of drug-likeness (QED) is 0.348. The topological polar surface area (TPSA) is 29.1 Å². The van der Waals surface area contributed by atoms with Crippen LogP contribution in [-0.4, -0.2) is 5.91 Å². The zero-order valence-corrected chi connectivity index (χ0v) is 6.53. The zero-order chi connectivity index (χ0) is 7.82. The van der Waals surface area contributed by atoms with Crippen LogP contribution in [0.2, 0.25) is 0 Å².